The van der Waals surface area contributed by atoms with Gasteiger partial charge < -0.3 is 9.42 Å². The number of hydrogen-bond acceptors (Lipinski definition) is 5. The van der Waals surface area contributed by atoms with Crippen LogP contribution in [0.25, 0.3) is 0 Å². The van der Waals surface area contributed by atoms with Crippen LogP contribution < -0.4 is 0 Å². The van der Waals surface area contributed by atoms with Crippen molar-refractivity contribution in [3.63, 3.8) is 0 Å². The van der Waals surface area contributed by atoms with E-state index in [4.69, 9.17) is 4.52 Å². The molecule has 1 amide bonds. The first-order valence-electron chi connectivity index (χ1n) is 6.88. The van der Waals surface area contributed by atoms with Gasteiger partial charge in [-0.15, -0.1) is 0 Å². The van der Waals surface area contributed by atoms with Crippen molar-refractivity contribution in [1.29, 1.82) is 0 Å². The van der Waals surface area contributed by atoms with Gasteiger partial charge in [-0.1, -0.05) is 19.0 Å². The minimum Gasteiger partial charge on any atom is -0.353 e. The van der Waals surface area contributed by atoms with Gasteiger partial charge in [-0.3, -0.25) is 14.9 Å². The Bertz CT molecular complexity index is 524. The number of rotatable bonds is 3. The summed E-state index contributed by atoms with van der Waals surface area (Å²) < 4.78 is 5.03. The first-order chi connectivity index (χ1) is 9.43. The normalized spacial score (nSPS) is 19.4. The Morgan fingerprint density at radius 2 is 2.20 bits per heavy atom. The highest BCUT2D eigenvalue weighted by molar-refractivity contribution is 5.96. The Morgan fingerprint density at radius 1 is 1.50 bits per heavy atom. The molecule has 1 aliphatic rings. The molecule has 0 unspecified atom stereocenters. The number of hydrogen-bond donors (Lipinski definition) is 0. The van der Waals surface area contributed by atoms with E-state index in [0.29, 0.717) is 6.54 Å². The molecule has 7 heteroatoms. The summed E-state index contributed by atoms with van der Waals surface area (Å²) in [5.74, 6) is -0.439. The second-order valence-corrected chi connectivity index (χ2v) is 5.50. The molecule has 1 aromatic heterocycles. The summed E-state index contributed by atoms with van der Waals surface area (Å²) >= 11 is 0. The fraction of sp³-hybridized carbons (Fsp3) is 0.692. The van der Waals surface area contributed by atoms with Crippen molar-refractivity contribution in [2.24, 2.45) is 0 Å². The van der Waals surface area contributed by atoms with Crippen LogP contribution in [0.2, 0.25) is 0 Å². The van der Waals surface area contributed by atoms with Crippen LogP contribution in [0.15, 0.2) is 4.52 Å². The van der Waals surface area contributed by atoms with Crippen molar-refractivity contribution in [3.05, 3.63) is 21.6 Å². The molecule has 2 rings (SSSR count). The van der Waals surface area contributed by atoms with Gasteiger partial charge >= 0.3 is 5.69 Å². The molecular formula is C13H19N3O4. The van der Waals surface area contributed by atoms with Crippen LogP contribution >= 0.6 is 0 Å². The first-order valence-corrected chi connectivity index (χ1v) is 6.88. The van der Waals surface area contributed by atoms with E-state index >= 15 is 0 Å². The van der Waals surface area contributed by atoms with E-state index in [1.165, 1.54) is 0 Å². The lowest BCUT2D eigenvalue weighted by molar-refractivity contribution is -0.386. The average molecular weight is 281 g/mol. The fourth-order valence-corrected chi connectivity index (χ4v) is 2.53. The zero-order valence-corrected chi connectivity index (χ0v) is 12.0. The molecule has 0 radical (unpaired) electrons. The Hall–Kier alpha value is -1.92. The van der Waals surface area contributed by atoms with E-state index in [1.54, 1.807) is 18.7 Å². The van der Waals surface area contributed by atoms with Gasteiger partial charge in [0.25, 0.3) is 5.91 Å². The number of carbonyl (C=O) groups is 1. The molecular weight excluding hydrogens is 262 g/mol. The number of amides is 1. The Kier molecular flexibility index (Phi) is 4.06. The molecule has 1 aromatic rings. The molecule has 0 aliphatic carbocycles. The highest BCUT2D eigenvalue weighted by Gasteiger charge is 2.36. The van der Waals surface area contributed by atoms with E-state index in [-0.39, 0.29) is 29.1 Å². The molecule has 0 aromatic carbocycles. The lowest BCUT2D eigenvalue weighted by atomic mass is 10.0. The smallest absolute Gasteiger partial charge is 0.344 e. The summed E-state index contributed by atoms with van der Waals surface area (Å²) in [7, 11) is 0. The third kappa shape index (κ3) is 2.52. The van der Waals surface area contributed by atoms with Gasteiger partial charge in [0.1, 0.15) is 0 Å². The molecule has 20 heavy (non-hydrogen) atoms. The van der Waals surface area contributed by atoms with Gasteiger partial charge in [-0.2, -0.15) is 0 Å². The van der Waals surface area contributed by atoms with E-state index in [2.05, 4.69) is 5.16 Å². The molecule has 0 N–H and O–H groups in total. The number of nitrogens with zero attached hydrogens (tertiary/aromatic N) is 3. The third-order valence-corrected chi connectivity index (χ3v) is 3.67. The molecule has 1 atom stereocenters. The van der Waals surface area contributed by atoms with Crippen molar-refractivity contribution in [1.82, 2.24) is 10.1 Å². The first kappa shape index (κ1) is 14.5. The maximum absolute atomic E-state index is 12.5. The van der Waals surface area contributed by atoms with Crippen LogP contribution in [0.4, 0.5) is 5.69 Å². The number of aromatic nitrogens is 1. The Morgan fingerprint density at radius 3 is 2.75 bits per heavy atom. The summed E-state index contributed by atoms with van der Waals surface area (Å²) in [5, 5.41) is 14.9. The monoisotopic (exact) mass is 281 g/mol. The Balaban J connectivity index is 2.37. The molecule has 0 saturated carbocycles. The van der Waals surface area contributed by atoms with Crippen LogP contribution in [-0.2, 0) is 0 Å². The zero-order valence-electron chi connectivity index (χ0n) is 12.0. The third-order valence-electron chi connectivity index (χ3n) is 3.67. The average Bonchev–Trinajstić information content (AvgIpc) is 2.83. The second-order valence-electron chi connectivity index (χ2n) is 5.50. The topological polar surface area (TPSA) is 89.5 Å². The van der Waals surface area contributed by atoms with Gasteiger partial charge in [-0.05, 0) is 26.2 Å². The summed E-state index contributed by atoms with van der Waals surface area (Å²) in [5.41, 5.74) is -0.463. The van der Waals surface area contributed by atoms with Gasteiger partial charge in [0.2, 0.25) is 11.5 Å². The van der Waals surface area contributed by atoms with Crippen molar-refractivity contribution in [2.75, 3.05) is 6.54 Å². The SMILES string of the molecule is CC(C)c1onc(C(=O)N2CCCC[C@@H]2C)c1[N+](=O)[O-]. The second kappa shape index (κ2) is 5.60. The van der Waals surface area contributed by atoms with Crippen LogP contribution in [0, 0.1) is 10.1 Å². The highest BCUT2D eigenvalue weighted by atomic mass is 16.6. The molecule has 1 aliphatic heterocycles. The van der Waals surface area contributed by atoms with Crippen molar-refractivity contribution < 1.29 is 14.2 Å². The minimum atomic E-state index is -0.576. The molecule has 2 heterocycles. The molecule has 1 saturated heterocycles. The number of nitro groups is 1. The predicted octanol–water partition coefficient (Wildman–Crippen LogP) is 2.72. The molecule has 0 spiro atoms. The molecule has 7 nitrogen and oxygen atoms in total. The summed E-state index contributed by atoms with van der Waals surface area (Å²) in [6.07, 6.45) is 2.90. The summed E-state index contributed by atoms with van der Waals surface area (Å²) in [6.45, 7) is 6.10. The van der Waals surface area contributed by atoms with Crippen LogP contribution in [0.3, 0.4) is 0 Å². The van der Waals surface area contributed by atoms with Crippen molar-refractivity contribution in [3.8, 4) is 0 Å². The largest absolute Gasteiger partial charge is 0.353 e. The van der Waals surface area contributed by atoms with Crippen molar-refractivity contribution in [2.45, 2.75) is 52.0 Å². The van der Waals surface area contributed by atoms with Crippen molar-refractivity contribution >= 4 is 11.6 Å². The minimum absolute atomic E-state index is 0.0788. The lowest BCUT2D eigenvalue weighted by Crippen LogP contribution is -2.42. The van der Waals surface area contributed by atoms with E-state index in [0.717, 1.165) is 19.3 Å². The van der Waals surface area contributed by atoms with E-state index < -0.39 is 10.8 Å². The van der Waals surface area contributed by atoms with Gasteiger partial charge in [0, 0.05) is 18.5 Å². The highest BCUT2D eigenvalue weighted by Crippen LogP contribution is 2.31. The standard InChI is InChI=1S/C13H19N3O4/c1-8(2)12-11(16(18)19)10(14-20-12)13(17)15-7-5-4-6-9(15)3/h8-9H,4-7H2,1-3H3/t9-/m0/s1. The Labute approximate surface area is 117 Å². The van der Waals surface area contributed by atoms with Gasteiger partial charge in [0.05, 0.1) is 4.92 Å². The molecule has 1 fully saturated rings. The zero-order chi connectivity index (χ0) is 14.9. The van der Waals surface area contributed by atoms with Crippen LogP contribution in [0.5, 0.6) is 0 Å². The molecule has 0 bridgehead atoms. The fourth-order valence-electron chi connectivity index (χ4n) is 2.53. The van der Waals surface area contributed by atoms with Gasteiger partial charge in [0.15, 0.2) is 0 Å². The quantitative estimate of drug-likeness (QED) is 0.627. The number of likely N-dealkylation sites (tertiary alicyclic amines) is 1. The lowest BCUT2D eigenvalue weighted by Gasteiger charge is -2.32. The van der Waals surface area contributed by atoms with Gasteiger partial charge in [-0.25, -0.2) is 0 Å². The van der Waals surface area contributed by atoms with Crippen LogP contribution in [-0.4, -0.2) is 33.5 Å². The van der Waals surface area contributed by atoms with Crippen LogP contribution in [0.1, 0.15) is 62.2 Å². The van der Waals surface area contributed by atoms with E-state index in [1.807, 2.05) is 6.92 Å². The maximum atomic E-state index is 12.5. The maximum Gasteiger partial charge on any atom is 0.344 e. The van der Waals surface area contributed by atoms with E-state index in [9.17, 15) is 14.9 Å². The molecule has 110 valence electrons. The number of piperidine rings is 1. The number of carbonyl (C=O) groups excluding carboxylic acids is 1. The predicted molar refractivity (Wildman–Crippen MR) is 71.6 cm³/mol. The summed E-state index contributed by atoms with van der Waals surface area (Å²) in [6, 6.07) is 0.0788. The summed E-state index contributed by atoms with van der Waals surface area (Å²) in [4.78, 5) is 24.8.